The standard InChI is InChI=1S/C12H9NOS/c1-7-9-5-3-4-6-10(9)13-12-11(7)15-8(2)14-12/h3-6H,2H2,1H3. The van der Waals surface area contributed by atoms with Crippen molar-refractivity contribution in [3.8, 4) is 5.88 Å². The molecule has 0 saturated heterocycles. The molecule has 2 heterocycles. The lowest BCUT2D eigenvalue weighted by atomic mass is 10.1. The molecule has 1 aliphatic heterocycles. The maximum Gasteiger partial charge on any atom is 0.235 e. The summed E-state index contributed by atoms with van der Waals surface area (Å²) in [5.74, 6) is 0.696. The molecule has 0 spiro atoms. The van der Waals surface area contributed by atoms with Crippen molar-refractivity contribution in [2.45, 2.75) is 11.8 Å². The summed E-state index contributed by atoms with van der Waals surface area (Å²) in [6.07, 6.45) is 0. The van der Waals surface area contributed by atoms with Gasteiger partial charge in [0.2, 0.25) is 5.88 Å². The fourth-order valence-corrected chi connectivity index (χ4v) is 2.55. The highest BCUT2D eigenvalue weighted by Crippen LogP contribution is 2.44. The highest BCUT2D eigenvalue weighted by atomic mass is 32.2. The highest BCUT2D eigenvalue weighted by Gasteiger charge is 2.22. The zero-order valence-electron chi connectivity index (χ0n) is 8.28. The average molecular weight is 215 g/mol. The second-order valence-corrected chi connectivity index (χ2v) is 4.53. The van der Waals surface area contributed by atoms with Crippen molar-refractivity contribution >= 4 is 22.7 Å². The molecule has 2 aromatic rings. The third-order valence-corrected chi connectivity index (χ3v) is 3.49. The Balaban J connectivity index is 2.40. The van der Waals surface area contributed by atoms with Gasteiger partial charge in [-0.3, -0.25) is 0 Å². The number of aromatic nitrogens is 1. The minimum Gasteiger partial charge on any atom is -0.431 e. The molecule has 2 nitrogen and oxygen atoms in total. The van der Waals surface area contributed by atoms with Crippen LogP contribution in [0.1, 0.15) is 5.56 Å². The smallest absolute Gasteiger partial charge is 0.235 e. The Morgan fingerprint density at radius 1 is 1.33 bits per heavy atom. The van der Waals surface area contributed by atoms with Crippen molar-refractivity contribution in [3.05, 3.63) is 41.5 Å². The van der Waals surface area contributed by atoms with Crippen molar-refractivity contribution in [2.75, 3.05) is 0 Å². The summed E-state index contributed by atoms with van der Waals surface area (Å²) >= 11 is 1.55. The molecule has 74 valence electrons. The Bertz CT molecular complexity index is 577. The monoisotopic (exact) mass is 215 g/mol. The molecule has 1 aromatic carbocycles. The second-order valence-electron chi connectivity index (χ2n) is 3.46. The Morgan fingerprint density at radius 3 is 3.00 bits per heavy atom. The van der Waals surface area contributed by atoms with E-state index in [2.05, 4.69) is 24.6 Å². The number of nitrogens with zero attached hydrogens (tertiary/aromatic N) is 1. The first kappa shape index (κ1) is 8.80. The topological polar surface area (TPSA) is 22.1 Å². The second kappa shape index (κ2) is 3.00. The summed E-state index contributed by atoms with van der Waals surface area (Å²) in [5.41, 5.74) is 2.20. The Labute approximate surface area is 92.0 Å². The van der Waals surface area contributed by atoms with Crippen LogP contribution in [0.5, 0.6) is 5.88 Å². The van der Waals surface area contributed by atoms with Crippen LogP contribution in [0.3, 0.4) is 0 Å². The van der Waals surface area contributed by atoms with Gasteiger partial charge in [0.15, 0.2) is 5.09 Å². The number of hydrogen-bond donors (Lipinski definition) is 0. The molecule has 1 aromatic heterocycles. The maximum absolute atomic E-state index is 5.45. The number of benzene rings is 1. The molecule has 15 heavy (non-hydrogen) atoms. The summed E-state index contributed by atoms with van der Waals surface area (Å²) in [6.45, 7) is 5.90. The fourth-order valence-electron chi connectivity index (χ4n) is 1.76. The van der Waals surface area contributed by atoms with E-state index in [4.69, 9.17) is 4.74 Å². The van der Waals surface area contributed by atoms with E-state index in [1.807, 2.05) is 18.2 Å². The van der Waals surface area contributed by atoms with Crippen molar-refractivity contribution in [1.29, 1.82) is 0 Å². The van der Waals surface area contributed by atoms with Crippen LogP contribution in [-0.4, -0.2) is 4.98 Å². The largest absolute Gasteiger partial charge is 0.431 e. The molecule has 0 unspecified atom stereocenters. The van der Waals surface area contributed by atoms with Crippen molar-refractivity contribution in [1.82, 2.24) is 4.98 Å². The van der Waals surface area contributed by atoms with Crippen LogP contribution in [-0.2, 0) is 0 Å². The third kappa shape index (κ3) is 1.23. The number of pyridine rings is 1. The van der Waals surface area contributed by atoms with E-state index in [9.17, 15) is 0 Å². The zero-order chi connectivity index (χ0) is 10.4. The Morgan fingerprint density at radius 2 is 2.13 bits per heavy atom. The number of fused-ring (bicyclic) bond motifs is 2. The summed E-state index contributed by atoms with van der Waals surface area (Å²) in [6, 6.07) is 8.09. The predicted molar refractivity (Wildman–Crippen MR) is 62.1 cm³/mol. The summed E-state index contributed by atoms with van der Waals surface area (Å²) in [4.78, 5) is 5.56. The molecule has 0 fully saturated rings. The van der Waals surface area contributed by atoms with Gasteiger partial charge in [-0.25, -0.2) is 4.98 Å². The number of rotatable bonds is 0. The van der Waals surface area contributed by atoms with Crippen LogP contribution in [0.15, 0.2) is 40.8 Å². The van der Waals surface area contributed by atoms with E-state index in [1.165, 1.54) is 10.9 Å². The van der Waals surface area contributed by atoms with Crippen LogP contribution in [0.4, 0.5) is 0 Å². The Hall–Kier alpha value is -1.48. The van der Waals surface area contributed by atoms with E-state index in [0.29, 0.717) is 11.0 Å². The van der Waals surface area contributed by atoms with E-state index in [1.54, 1.807) is 11.8 Å². The van der Waals surface area contributed by atoms with Crippen molar-refractivity contribution in [3.63, 3.8) is 0 Å². The van der Waals surface area contributed by atoms with Gasteiger partial charge >= 0.3 is 0 Å². The summed E-state index contributed by atoms with van der Waals surface area (Å²) in [5, 5.41) is 1.89. The van der Waals surface area contributed by atoms with Gasteiger partial charge in [-0.05, 0) is 36.9 Å². The van der Waals surface area contributed by atoms with Gasteiger partial charge in [-0.2, -0.15) is 0 Å². The SMILES string of the molecule is C=C1Oc2nc3ccccc3c(C)c2S1. The Kier molecular flexibility index (Phi) is 1.76. The molecule has 1 aliphatic rings. The van der Waals surface area contributed by atoms with Crippen LogP contribution in [0.25, 0.3) is 10.9 Å². The molecule has 0 amide bonds. The van der Waals surface area contributed by atoms with Crippen LogP contribution >= 0.6 is 11.8 Å². The molecule has 3 rings (SSSR count). The number of thioether (sulfide) groups is 1. The van der Waals surface area contributed by atoms with Gasteiger partial charge in [-0.1, -0.05) is 18.2 Å². The van der Waals surface area contributed by atoms with Gasteiger partial charge in [0.1, 0.15) is 0 Å². The summed E-state index contributed by atoms with van der Waals surface area (Å²) < 4.78 is 5.45. The van der Waals surface area contributed by atoms with E-state index in [-0.39, 0.29) is 0 Å². The number of aryl methyl sites for hydroxylation is 1. The highest BCUT2D eigenvalue weighted by molar-refractivity contribution is 8.03. The normalized spacial score (nSPS) is 14.1. The minimum atomic E-state index is 0.696. The molecule has 3 heteroatoms. The first-order valence-corrected chi connectivity index (χ1v) is 5.51. The lowest BCUT2D eigenvalue weighted by Gasteiger charge is -2.04. The lowest BCUT2D eigenvalue weighted by Crippen LogP contribution is -1.88. The van der Waals surface area contributed by atoms with Crippen LogP contribution in [0, 0.1) is 6.92 Å². The molecule has 0 saturated carbocycles. The zero-order valence-corrected chi connectivity index (χ0v) is 9.10. The molecule has 0 aliphatic carbocycles. The maximum atomic E-state index is 5.45. The summed E-state index contributed by atoms with van der Waals surface area (Å²) in [7, 11) is 0. The molecule has 0 bridgehead atoms. The minimum absolute atomic E-state index is 0.696. The lowest BCUT2D eigenvalue weighted by molar-refractivity contribution is 0.451. The first-order valence-electron chi connectivity index (χ1n) is 4.69. The van der Waals surface area contributed by atoms with Gasteiger partial charge in [0.25, 0.3) is 0 Å². The number of hydrogen-bond acceptors (Lipinski definition) is 3. The fraction of sp³-hybridized carbons (Fsp3) is 0.0833. The molecule has 0 N–H and O–H groups in total. The average Bonchev–Trinajstić information content (AvgIpc) is 2.59. The van der Waals surface area contributed by atoms with Crippen molar-refractivity contribution < 1.29 is 4.74 Å². The van der Waals surface area contributed by atoms with E-state index >= 15 is 0 Å². The van der Waals surface area contributed by atoms with Crippen LogP contribution < -0.4 is 4.74 Å². The molecular weight excluding hydrogens is 206 g/mol. The van der Waals surface area contributed by atoms with Crippen LogP contribution in [0.2, 0.25) is 0 Å². The van der Waals surface area contributed by atoms with Gasteiger partial charge in [0, 0.05) is 5.39 Å². The van der Waals surface area contributed by atoms with Gasteiger partial charge < -0.3 is 4.74 Å². The molecule has 0 atom stereocenters. The molecular formula is C12H9NOS. The molecule has 0 radical (unpaired) electrons. The third-order valence-electron chi connectivity index (χ3n) is 2.49. The van der Waals surface area contributed by atoms with Crippen molar-refractivity contribution in [2.24, 2.45) is 0 Å². The number of ether oxygens (including phenoxy) is 1. The first-order chi connectivity index (χ1) is 7.25. The van der Waals surface area contributed by atoms with E-state index < -0.39 is 0 Å². The predicted octanol–water partition coefficient (Wildman–Crippen LogP) is 3.50. The number of para-hydroxylation sites is 1. The quantitative estimate of drug-likeness (QED) is 0.671. The van der Waals surface area contributed by atoms with Gasteiger partial charge in [-0.15, -0.1) is 0 Å². The van der Waals surface area contributed by atoms with Gasteiger partial charge in [0.05, 0.1) is 10.4 Å². The van der Waals surface area contributed by atoms with E-state index in [0.717, 1.165) is 10.4 Å².